The van der Waals surface area contributed by atoms with Crippen molar-refractivity contribution in [2.45, 2.75) is 19.8 Å². The normalized spacial score (nSPS) is 11.1. The Hall–Kier alpha value is -3.02. The molecule has 1 amide bonds. The number of hydrogen-bond acceptors (Lipinski definition) is 3. The van der Waals surface area contributed by atoms with Crippen LogP contribution in [0.2, 0.25) is 0 Å². The number of guanidine groups is 1. The number of amides is 1. The molecule has 6 heteroatoms. The van der Waals surface area contributed by atoms with Crippen molar-refractivity contribution in [3.63, 3.8) is 0 Å². The molecule has 0 aromatic heterocycles. The van der Waals surface area contributed by atoms with Gasteiger partial charge in [0.1, 0.15) is 5.75 Å². The van der Waals surface area contributed by atoms with Crippen molar-refractivity contribution in [3.05, 3.63) is 65.2 Å². The number of ether oxygens (including phenoxy) is 1. The molecular formula is C23H32N4O2. The lowest BCUT2D eigenvalue weighted by Crippen LogP contribution is -2.39. The number of carbonyl (C=O) groups excluding carboxylic acids is 1. The predicted molar refractivity (Wildman–Crippen MR) is 119 cm³/mol. The van der Waals surface area contributed by atoms with Gasteiger partial charge in [0.2, 0.25) is 0 Å². The zero-order chi connectivity index (χ0) is 21.1. The van der Waals surface area contributed by atoms with E-state index in [4.69, 9.17) is 4.74 Å². The molecule has 156 valence electrons. The van der Waals surface area contributed by atoms with E-state index in [9.17, 15) is 4.79 Å². The first kappa shape index (κ1) is 22.3. The van der Waals surface area contributed by atoms with Crippen LogP contribution in [-0.2, 0) is 6.42 Å². The molecule has 2 aromatic rings. The summed E-state index contributed by atoms with van der Waals surface area (Å²) in [5.74, 6) is 1.68. The molecular weight excluding hydrogens is 364 g/mol. The summed E-state index contributed by atoms with van der Waals surface area (Å²) in [5, 5.41) is 6.60. The third-order valence-electron chi connectivity index (χ3n) is 4.41. The fraction of sp³-hybridized carbons (Fsp3) is 0.391. The van der Waals surface area contributed by atoms with Crippen molar-refractivity contribution < 1.29 is 9.53 Å². The van der Waals surface area contributed by atoms with Crippen LogP contribution in [-0.4, -0.2) is 57.6 Å². The standard InChI is InChI=1S/C23H32N4O2/c1-18-9-11-21(12-10-18)29-16-6-14-25-23(24-2)26-15-13-19-7-5-8-20(17-19)22(28)27(3)4/h5,7-12,17H,6,13-16H2,1-4H3,(H2,24,25,26). The van der Waals surface area contributed by atoms with Crippen LogP contribution in [0.4, 0.5) is 0 Å². The van der Waals surface area contributed by atoms with E-state index in [1.54, 1.807) is 26.0 Å². The number of nitrogens with zero attached hydrogens (tertiary/aromatic N) is 2. The van der Waals surface area contributed by atoms with E-state index in [-0.39, 0.29) is 5.91 Å². The Balaban J connectivity index is 1.67. The molecule has 0 heterocycles. The number of rotatable bonds is 9. The fourth-order valence-corrected chi connectivity index (χ4v) is 2.77. The largest absolute Gasteiger partial charge is 0.494 e. The SMILES string of the molecule is CN=C(NCCCOc1ccc(C)cc1)NCCc1cccc(C(=O)N(C)C)c1. The topological polar surface area (TPSA) is 66.0 Å². The van der Waals surface area contributed by atoms with Crippen molar-refractivity contribution in [1.82, 2.24) is 15.5 Å². The second-order valence-electron chi connectivity index (χ2n) is 7.09. The van der Waals surface area contributed by atoms with E-state index in [0.717, 1.165) is 43.2 Å². The maximum Gasteiger partial charge on any atom is 0.253 e. The van der Waals surface area contributed by atoms with Crippen LogP contribution in [0.1, 0.15) is 27.9 Å². The lowest BCUT2D eigenvalue weighted by molar-refractivity contribution is 0.0827. The highest BCUT2D eigenvalue weighted by molar-refractivity contribution is 5.94. The minimum atomic E-state index is 0.0186. The minimum Gasteiger partial charge on any atom is -0.494 e. The second kappa shape index (κ2) is 11.7. The smallest absolute Gasteiger partial charge is 0.253 e. The summed E-state index contributed by atoms with van der Waals surface area (Å²) in [4.78, 5) is 17.9. The minimum absolute atomic E-state index is 0.0186. The second-order valence-corrected chi connectivity index (χ2v) is 7.09. The van der Waals surface area contributed by atoms with Crippen molar-refractivity contribution in [2.24, 2.45) is 4.99 Å². The Morgan fingerprint density at radius 1 is 1.07 bits per heavy atom. The quantitative estimate of drug-likeness (QED) is 0.389. The van der Waals surface area contributed by atoms with Gasteiger partial charge in [0.25, 0.3) is 5.91 Å². The van der Waals surface area contributed by atoms with Crippen LogP contribution in [0.5, 0.6) is 5.75 Å². The highest BCUT2D eigenvalue weighted by Crippen LogP contribution is 2.11. The summed E-state index contributed by atoms with van der Waals surface area (Å²) in [6.45, 7) is 4.23. The van der Waals surface area contributed by atoms with Gasteiger partial charge in [-0.15, -0.1) is 0 Å². The van der Waals surface area contributed by atoms with Gasteiger partial charge in [-0.05, 0) is 49.6 Å². The molecule has 0 fully saturated rings. The molecule has 0 aliphatic heterocycles. The summed E-state index contributed by atoms with van der Waals surface area (Å²) in [6, 6.07) is 15.8. The van der Waals surface area contributed by atoms with Gasteiger partial charge < -0.3 is 20.3 Å². The van der Waals surface area contributed by atoms with Gasteiger partial charge in [-0.1, -0.05) is 29.8 Å². The Kier molecular flexibility index (Phi) is 9.02. The zero-order valence-corrected chi connectivity index (χ0v) is 17.9. The summed E-state index contributed by atoms with van der Waals surface area (Å²) >= 11 is 0. The molecule has 0 saturated heterocycles. The average molecular weight is 397 g/mol. The Morgan fingerprint density at radius 2 is 1.79 bits per heavy atom. The van der Waals surface area contributed by atoms with Crippen LogP contribution < -0.4 is 15.4 Å². The van der Waals surface area contributed by atoms with E-state index in [2.05, 4.69) is 22.5 Å². The number of nitrogens with one attached hydrogen (secondary N) is 2. The van der Waals surface area contributed by atoms with Crippen molar-refractivity contribution >= 4 is 11.9 Å². The molecule has 0 radical (unpaired) electrons. The predicted octanol–water partition coefficient (Wildman–Crippen LogP) is 2.87. The summed E-state index contributed by atoms with van der Waals surface area (Å²) in [7, 11) is 5.28. The average Bonchev–Trinajstić information content (AvgIpc) is 2.73. The third kappa shape index (κ3) is 7.86. The van der Waals surface area contributed by atoms with Gasteiger partial charge in [-0.3, -0.25) is 9.79 Å². The number of hydrogen-bond donors (Lipinski definition) is 2. The molecule has 0 aliphatic rings. The van der Waals surface area contributed by atoms with E-state index < -0.39 is 0 Å². The van der Waals surface area contributed by atoms with Crippen molar-refractivity contribution in [1.29, 1.82) is 0 Å². The maximum atomic E-state index is 12.1. The zero-order valence-electron chi connectivity index (χ0n) is 17.9. The molecule has 0 saturated carbocycles. The van der Waals surface area contributed by atoms with Crippen LogP contribution in [0.25, 0.3) is 0 Å². The molecule has 0 unspecified atom stereocenters. The van der Waals surface area contributed by atoms with Crippen LogP contribution in [0, 0.1) is 6.92 Å². The molecule has 0 spiro atoms. The highest BCUT2D eigenvalue weighted by Gasteiger charge is 2.08. The Bertz CT molecular complexity index is 801. The number of aliphatic imine (C=N–C) groups is 1. The van der Waals surface area contributed by atoms with E-state index in [0.29, 0.717) is 12.2 Å². The van der Waals surface area contributed by atoms with Crippen LogP contribution >= 0.6 is 0 Å². The van der Waals surface area contributed by atoms with Gasteiger partial charge >= 0.3 is 0 Å². The van der Waals surface area contributed by atoms with E-state index in [1.807, 2.05) is 48.5 Å². The maximum absolute atomic E-state index is 12.1. The molecule has 6 nitrogen and oxygen atoms in total. The number of benzene rings is 2. The monoisotopic (exact) mass is 396 g/mol. The molecule has 2 rings (SSSR count). The number of carbonyl (C=O) groups is 1. The van der Waals surface area contributed by atoms with Gasteiger partial charge in [0.15, 0.2) is 5.96 Å². The molecule has 2 aromatic carbocycles. The van der Waals surface area contributed by atoms with Gasteiger partial charge in [0, 0.05) is 39.8 Å². The molecule has 0 aliphatic carbocycles. The van der Waals surface area contributed by atoms with Gasteiger partial charge in [0.05, 0.1) is 6.61 Å². The summed E-state index contributed by atoms with van der Waals surface area (Å²) < 4.78 is 5.73. The Morgan fingerprint density at radius 3 is 2.48 bits per heavy atom. The lowest BCUT2D eigenvalue weighted by atomic mass is 10.1. The number of aryl methyl sites for hydroxylation is 1. The van der Waals surface area contributed by atoms with E-state index in [1.165, 1.54) is 5.56 Å². The van der Waals surface area contributed by atoms with Gasteiger partial charge in [-0.25, -0.2) is 0 Å². The van der Waals surface area contributed by atoms with E-state index >= 15 is 0 Å². The molecule has 0 atom stereocenters. The highest BCUT2D eigenvalue weighted by atomic mass is 16.5. The Labute approximate surface area is 174 Å². The fourth-order valence-electron chi connectivity index (χ4n) is 2.77. The van der Waals surface area contributed by atoms with Crippen molar-refractivity contribution in [3.8, 4) is 5.75 Å². The van der Waals surface area contributed by atoms with Gasteiger partial charge in [-0.2, -0.15) is 0 Å². The van der Waals surface area contributed by atoms with Crippen molar-refractivity contribution in [2.75, 3.05) is 40.8 Å². The summed E-state index contributed by atoms with van der Waals surface area (Å²) in [6.07, 6.45) is 1.69. The van der Waals surface area contributed by atoms with Crippen LogP contribution in [0.3, 0.4) is 0 Å². The first-order chi connectivity index (χ1) is 14.0. The first-order valence-electron chi connectivity index (χ1n) is 9.94. The van der Waals surface area contributed by atoms with Crippen LogP contribution in [0.15, 0.2) is 53.5 Å². The molecule has 2 N–H and O–H groups in total. The molecule has 0 bridgehead atoms. The third-order valence-corrected chi connectivity index (χ3v) is 4.41. The lowest BCUT2D eigenvalue weighted by Gasteiger charge is -2.13. The first-order valence-corrected chi connectivity index (χ1v) is 9.94. The summed E-state index contributed by atoms with van der Waals surface area (Å²) in [5.41, 5.74) is 3.06. The molecule has 29 heavy (non-hydrogen) atoms.